The summed E-state index contributed by atoms with van der Waals surface area (Å²) in [6.45, 7) is 5.57. The van der Waals surface area contributed by atoms with Crippen LogP contribution in [-0.2, 0) is 24.9 Å². The molecule has 29 heavy (non-hydrogen) atoms. The van der Waals surface area contributed by atoms with Crippen molar-refractivity contribution >= 4 is 16.9 Å². The van der Waals surface area contributed by atoms with Crippen LogP contribution in [0.25, 0.3) is 16.9 Å². The fraction of sp³-hybridized carbons (Fsp3) is 0.381. The molecule has 0 saturated heterocycles. The fourth-order valence-electron chi connectivity index (χ4n) is 3.80. The predicted molar refractivity (Wildman–Crippen MR) is 112 cm³/mol. The minimum atomic E-state index is -0.367. The highest BCUT2D eigenvalue weighted by Gasteiger charge is 2.20. The lowest BCUT2D eigenvalue weighted by Gasteiger charge is -2.10. The summed E-state index contributed by atoms with van der Waals surface area (Å²) >= 11 is 0. The minimum absolute atomic E-state index is 0.231. The first-order chi connectivity index (χ1) is 13.9. The third-order valence-corrected chi connectivity index (χ3v) is 5.46. The van der Waals surface area contributed by atoms with Gasteiger partial charge in [-0.3, -0.25) is 18.3 Å². The van der Waals surface area contributed by atoms with Gasteiger partial charge in [-0.2, -0.15) is 4.98 Å². The molecule has 4 rings (SSSR count). The summed E-state index contributed by atoms with van der Waals surface area (Å²) in [5.41, 5.74) is 3.12. The van der Waals surface area contributed by atoms with Gasteiger partial charge in [0.05, 0.1) is 6.54 Å². The van der Waals surface area contributed by atoms with E-state index >= 15 is 0 Å². The van der Waals surface area contributed by atoms with Gasteiger partial charge < -0.3 is 9.30 Å². The average molecular weight is 395 g/mol. The lowest BCUT2D eigenvalue weighted by molar-refractivity contribution is 0.190. The zero-order valence-corrected chi connectivity index (χ0v) is 17.2. The summed E-state index contributed by atoms with van der Waals surface area (Å²) < 4.78 is 11.7. The standard InChI is InChI=1S/C21H25N5O3/c1-14-8-5-6-9-16(14)13-26-19(27)17-18(23(3)21(26)28)22-20-24(10-7-11-29-4)15(2)12-25(17)20/h5-6,8-9,12H,7,10-11,13H2,1-4H3. The number of rotatable bonds is 6. The van der Waals surface area contributed by atoms with Crippen LogP contribution >= 0.6 is 0 Å². The van der Waals surface area contributed by atoms with Crippen molar-refractivity contribution < 1.29 is 4.74 Å². The Labute approximate surface area is 167 Å². The molecule has 0 saturated carbocycles. The molecule has 0 atom stereocenters. The number of benzene rings is 1. The summed E-state index contributed by atoms with van der Waals surface area (Å²) in [6, 6.07) is 7.77. The van der Waals surface area contributed by atoms with Crippen LogP contribution in [-0.4, -0.2) is 36.8 Å². The van der Waals surface area contributed by atoms with Gasteiger partial charge in [0.25, 0.3) is 5.56 Å². The Kier molecular flexibility index (Phi) is 4.87. The monoisotopic (exact) mass is 395 g/mol. The van der Waals surface area contributed by atoms with Crippen LogP contribution in [0.4, 0.5) is 0 Å². The van der Waals surface area contributed by atoms with E-state index in [0.29, 0.717) is 23.5 Å². The van der Waals surface area contributed by atoms with Crippen LogP contribution in [0.1, 0.15) is 23.2 Å². The van der Waals surface area contributed by atoms with E-state index in [1.807, 2.05) is 44.3 Å². The van der Waals surface area contributed by atoms with Gasteiger partial charge in [-0.15, -0.1) is 0 Å². The molecule has 0 unspecified atom stereocenters. The second-order valence-corrected chi connectivity index (χ2v) is 7.38. The van der Waals surface area contributed by atoms with Crippen molar-refractivity contribution in [2.45, 2.75) is 33.4 Å². The number of imidazole rings is 2. The maximum Gasteiger partial charge on any atom is 0.332 e. The predicted octanol–water partition coefficient (Wildman–Crippen LogP) is 1.85. The van der Waals surface area contributed by atoms with E-state index < -0.39 is 0 Å². The second-order valence-electron chi connectivity index (χ2n) is 7.38. The SMILES string of the molecule is COCCCn1c(C)cn2c3c(=O)n(Cc4ccccc4C)c(=O)n(C)c3nc12. The van der Waals surface area contributed by atoms with Crippen molar-refractivity contribution in [1.29, 1.82) is 0 Å². The molecule has 8 nitrogen and oxygen atoms in total. The molecule has 0 aliphatic heterocycles. The van der Waals surface area contributed by atoms with Crippen molar-refractivity contribution in [3.8, 4) is 0 Å². The molecule has 0 N–H and O–H groups in total. The Morgan fingerprint density at radius 1 is 1.10 bits per heavy atom. The van der Waals surface area contributed by atoms with Crippen LogP contribution < -0.4 is 11.2 Å². The number of aryl methyl sites for hydroxylation is 4. The molecule has 4 aromatic rings. The Hall–Kier alpha value is -3.13. The Bertz CT molecular complexity index is 1320. The van der Waals surface area contributed by atoms with Gasteiger partial charge in [-0.25, -0.2) is 4.79 Å². The smallest absolute Gasteiger partial charge is 0.332 e. The van der Waals surface area contributed by atoms with Gasteiger partial charge in [-0.05, 0) is 31.4 Å². The first-order valence-electron chi connectivity index (χ1n) is 9.65. The summed E-state index contributed by atoms with van der Waals surface area (Å²) in [5.74, 6) is 0.661. The van der Waals surface area contributed by atoms with Crippen molar-refractivity contribution in [2.75, 3.05) is 13.7 Å². The van der Waals surface area contributed by atoms with E-state index in [1.165, 1.54) is 9.13 Å². The van der Waals surface area contributed by atoms with Crippen molar-refractivity contribution in [1.82, 2.24) is 23.1 Å². The van der Waals surface area contributed by atoms with E-state index in [9.17, 15) is 9.59 Å². The van der Waals surface area contributed by atoms with Gasteiger partial charge in [-0.1, -0.05) is 24.3 Å². The zero-order valence-electron chi connectivity index (χ0n) is 17.2. The number of hydrogen-bond donors (Lipinski definition) is 0. The molecule has 0 aliphatic rings. The van der Waals surface area contributed by atoms with E-state index in [4.69, 9.17) is 4.74 Å². The molecule has 0 bridgehead atoms. The largest absolute Gasteiger partial charge is 0.385 e. The first-order valence-corrected chi connectivity index (χ1v) is 9.65. The first kappa shape index (κ1) is 19.2. The number of aromatic nitrogens is 5. The molecular weight excluding hydrogens is 370 g/mol. The Morgan fingerprint density at radius 3 is 2.59 bits per heavy atom. The van der Waals surface area contributed by atoms with Gasteiger partial charge in [0, 0.05) is 39.2 Å². The number of ether oxygens (including phenoxy) is 1. The van der Waals surface area contributed by atoms with E-state index in [0.717, 1.165) is 29.8 Å². The minimum Gasteiger partial charge on any atom is -0.385 e. The number of methoxy groups -OCH3 is 1. The molecule has 0 aliphatic carbocycles. The van der Waals surface area contributed by atoms with Crippen LogP contribution in [0.15, 0.2) is 40.1 Å². The third kappa shape index (κ3) is 3.09. The molecule has 152 valence electrons. The Morgan fingerprint density at radius 2 is 1.86 bits per heavy atom. The summed E-state index contributed by atoms with van der Waals surface area (Å²) in [4.78, 5) is 30.9. The molecular formula is C21H25N5O3. The van der Waals surface area contributed by atoms with Gasteiger partial charge >= 0.3 is 5.69 Å². The third-order valence-electron chi connectivity index (χ3n) is 5.46. The van der Waals surface area contributed by atoms with E-state index in [2.05, 4.69) is 9.55 Å². The molecule has 0 fully saturated rings. The number of hydrogen-bond acceptors (Lipinski definition) is 4. The highest BCUT2D eigenvalue weighted by Crippen LogP contribution is 2.17. The van der Waals surface area contributed by atoms with Gasteiger partial charge in [0.2, 0.25) is 5.78 Å². The molecule has 1 aromatic carbocycles. The van der Waals surface area contributed by atoms with Crippen molar-refractivity contribution in [3.63, 3.8) is 0 Å². The average Bonchev–Trinajstić information content (AvgIpc) is 3.21. The highest BCUT2D eigenvalue weighted by molar-refractivity contribution is 5.75. The molecule has 3 aromatic heterocycles. The lowest BCUT2D eigenvalue weighted by atomic mass is 10.1. The van der Waals surface area contributed by atoms with E-state index in [1.54, 1.807) is 18.6 Å². The zero-order chi connectivity index (χ0) is 20.7. The number of nitrogens with zero attached hydrogens (tertiary/aromatic N) is 5. The van der Waals surface area contributed by atoms with Crippen LogP contribution in [0.5, 0.6) is 0 Å². The normalized spacial score (nSPS) is 11.7. The quantitative estimate of drug-likeness (QED) is 0.467. The maximum atomic E-state index is 13.3. The van der Waals surface area contributed by atoms with Crippen molar-refractivity contribution in [3.05, 3.63) is 68.1 Å². The topological polar surface area (TPSA) is 75.5 Å². The van der Waals surface area contributed by atoms with Crippen LogP contribution in [0.2, 0.25) is 0 Å². The molecule has 3 heterocycles. The molecule has 0 radical (unpaired) electrons. The summed E-state index contributed by atoms with van der Waals surface area (Å²) in [5, 5.41) is 0. The van der Waals surface area contributed by atoms with Crippen LogP contribution in [0, 0.1) is 13.8 Å². The second kappa shape index (κ2) is 7.36. The maximum absolute atomic E-state index is 13.3. The lowest BCUT2D eigenvalue weighted by Crippen LogP contribution is -2.39. The van der Waals surface area contributed by atoms with Gasteiger partial charge in [0.15, 0.2) is 11.2 Å². The summed E-state index contributed by atoms with van der Waals surface area (Å²) in [6.07, 6.45) is 2.74. The molecule has 8 heteroatoms. The Balaban J connectivity index is 1.93. The van der Waals surface area contributed by atoms with E-state index in [-0.39, 0.29) is 17.8 Å². The molecule has 0 spiro atoms. The number of fused-ring (bicyclic) bond motifs is 3. The fourth-order valence-corrected chi connectivity index (χ4v) is 3.80. The molecule has 0 amide bonds. The summed E-state index contributed by atoms with van der Waals surface area (Å²) in [7, 11) is 3.33. The highest BCUT2D eigenvalue weighted by atomic mass is 16.5. The van der Waals surface area contributed by atoms with Gasteiger partial charge in [0.1, 0.15) is 0 Å². The van der Waals surface area contributed by atoms with Crippen molar-refractivity contribution in [2.24, 2.45) is 7.05 Å². The van der Waals surface area contributed by atoms with Crippen LogP contribution in [0.3, 0.4) is 0 Å².